The highest BCUT2D eigenvalue weighted by Crippen LogP contribution is 2.29. The highest BCUT2D eigenvalue weighted by atomic mass is 16.5. The summed E-state index contributed by atoms with van der Waals surface area (Å²) >= 11 is 0. The predicted molar refractivity (Wildman–Crippen MR) is 75.5 cm³/mol. The normalized spacial score (nSPS) is 13.7. The Morgan fingerprint density at radius 3 is 3.00 bits per heavy atom. The molecule has 108 valence electrons. The molecule has 1 N–H and O–H groups in total. The maximum atomic E-state index is 9.03. The molecule has 2 heterocycles. The number of ether oxygens (including phenoxy) is 1. The van der Waals surface area contributed by atoms with E-state index >= 15 is 0 Å². The summed E-state index contributed by atoms with van der Waals surface area (Å²) in [5.41, 5.74) is 1.33. The molecule has 0 bridgehead atoms. The third kappa shape index (κ3) is 3.69. The van der Waals surface area contributed by atoms with Crippen molar-refractivity contribution in [3.63, 3.8) is 0 Å². The largest absolute Gasteiger partial charge is 0.463 e. The van der Waals surface area contributed by atoms with E-state index in [-0.39, 0.29) is 6.01 Å². The van der Waals surface area contributed by atoms with Gasteiger partial charge in [-0.2, -0.15) is 20.3 Å². The number of hydrogen-bond donors (Lipinski definition) is 1. The summed E-state index contributed by atoms with van der Waals surface area (Å²) in [5.74, 6) is 1.20. The predicted octanol–water partition coefficient (Wildman–Crippen LogP) is 1.48. The van der Waals surface area contributed by atoms with Crippen molar-refractivity contribution in [2.45, 2.75) is 19.4 Å². The summed E-state index contributed by atoms with van der Waals surface area (Å²) in [5, 5.41) is 16.3. The van der Waals surface area contributed by atoms with Crippen LogP contribution < -0.4 is 10.1 Å². The number of hydrogen-bond acceptors (Lipinski definition) is 6. The molecule has 1 saturated carbocycles. The maximum Gasteiger partial charge on any atom is 0.319 e. The van der Waals surface area contributed by atoms with Crippen molar-refractivity contribution in [2.75, 3.05) is 11.9 Å². The van der Waals surface area contributed by atoms with Crippen molar-refractivity contribution in [3.05, 3.63) is 29.7 Å². The van der Waals surface area contributed by atoms with Crippen molar-refractivity contribution in [1.29, 1.82) is 5.26 Å². The van der Waals surface area contributed by atoms with Crippen molar-refractivity contribution in [3.8, 4) is 12.1 Å². The minimum Gasteiger partial charge on any atom is -0.463 e. The second-order valence-electron chi connectivity index (χ2n) is 5.16. The smallest absolute Gasteiger partial charge is 0.319 e. The van der Waals surface area contributed by atoms with Crippen LogP contribution in [0.25, 0.3) is 0 Å². The molecular formula is C14H16N6O. The monoisotopic (exact) mass is 284 g/mol. The average Bonchev–Trinajstić information content (AvgIpc) is 3.24. The third-order valence-corrected chi connectivity index (χ3v) is 3.20. The summed E-state index contributed by atoms with van der Waals surface area (Å²) in [6, 6.07) is 3.90. The van der Waals surface area contributed by atoms with Crippen molar-refractivity contribution in [1.82, 2.24) is 19.7 Å². The molecule has 1 aliphatic carbocycles. The number of nitrogens with one attached hydrogen (secondary N) is 1. The van der Waals surface area contributed by atoms with Gasteiger partial charge in [0.2, 0.25) is 0 Å². The zero-order valence-corrected chi connectivity index (χ0v) is 11.8. The van der Waals surface area contributed by atoms with Gasteiger partial charge in [-0.15, -0.1) is 0 Å². The average molecular weight is 284 g/mol. The first-order valence-corrected chi connectivity index (χ1v) is 6.86. The molecule has 0 amide bonds. The fraction of sp³-hybridized carbons (Fsp3) is 0.429. The topological polar surface area (TPSA) is 88.7 Å². The van der Waals surface area contributed by atoms with Crippen LogP contribution in [0.3, 0.4) is 0 Å². The Labute approximate surface area is 122 Å². The number of nitrogens with zero attached hydrogens (tertiary/aromatic N) is 5. The lowest BCUT2D eigenvalue weighted by Crippen LogP contribution is -2.07. The van der Waals surface area contributed by atoms with E-state index < -0.39 is 0 Å². The lowest BCUT2D eigenvalue weighted by atomic mass is 10.3. The van der Waals surface area contributed by atoms with Crippen LogP contribution in [0.2, 0.25) is 0 Å². The van der Waals surface area contributed by atoms with E-state index in [2.05, 4.69) is 20.4 Å². The molecule has 0 atom stereocenters. The van der Waals surface area contributed by atoms with Gasteiger partial charge >= 0.3 is 6.01 Å². The summed E-state index contributed by atoms with van der Waals surface area (Å²) in [6.45, 7) is 1.20. The van der Waals surface area contributed by atoms with Crippen molar-refractivity contribution >= 4 is 5.82 Å². The van der Waals surface area contributed by atoms with Gasteiger partial charge in [-0.3, -0.25) is 4.68 Å². The van der Waals surface area contributed by atoms with Gasteiger partial charge in [-0.1, -0.05) is 0 Å². The van der Waals surface area contributed by atoms with E-state index in [4.69, 9.17) is 10.00 Å². The van der Waals surface area contributed by atoms with Crippen LogP contribution in [0, 0.1) is 17.2 Å². The summed E-state index contributed by atoms with van der Waals surface area (Å²) in [7, 11) is 1.87. The molecule has 0 aliphatic heterocycles. The van der Waals surface area contributed by atoms with Gasteiger partial charge in [0.15, 0.2) is 0 Å². The Kier molecular flexibility index (Phi) is 3.69. The summed E-state index contributed by atoms with van der Waals surface area (Å²) < 4.78 is 7.28. The Morgan fingerprint density at radius 2 is 2.33 bits per heavy atom. The first-order chi connectivity index (χ1) is 10.2. The minimum absolute atomic E-state index is 0.259. The molecule has 3 rings (SSSR count). The van der Waals surface area contributed by atoms with Crippen LogP contribution in [0.5, 0.6) is 6.01 Å². The molecule has 1 fully saturated rings. The van der Waals surface area contributed by atoms with Gasteiger partial charge in [-0.25, -0.2) is 0 Å². The van der Waals surface area contributed by atoms with Crippen molar-refractivity contribution in [2.24, 2.45) is 13.0 Å². The lowest BCUT2D eigenvalue weighted by molar-refractivity contribution is 0.276. The fourth-order valence-electron chi connectivity index (χ4n) is 1.87. The molecule has 21 heavy (non-hydrogen) atoms. The molecule has 7 nitrogen and oxygen atoms in total. The van der Waals surface area contributed by atoms with Crippen LogP contribution in [0.1, 0.15) is 24.1 Å². The van der Waals surface area contributed by atoms with Gasteiger partial charge in [-0.05, 0) is 18.8 Å². The number of aryl methyl sites for hydroxylation is 1. The molecule has 2 aromatic rings. The van der Waals surface area contributed by atoms with Crippen LogP contribution in [-0.4, -0.2) is 26.4 Å². The van der Waals surface area contributed by atoms with Crippen molar-refractivity contribution < 1.29 is 4.74 Å². The second-order valence-corrected chi connectivity index (χ2v) is 5.16. The van der Waals surface area contributed by atoms with Gasteiger partial charge in [0, 0.05) is 31.4 Å². The molecule has 2 aromatic heterocycles. The molecule has 0 radical (unpaired) electrons. The lowest BCUT2D eigenvalue weighted by Gasteiger charge is -2.07. The van der Waals surface area contributed by atoms with E-state index in [1.807, 2.05) is 19.3 Å². The molecule has 0 aromatic carbocycles. The molecule has 1 aliphatic rings. The first kappa shape index (κ1) is 13.4. The number of rotatable bonds is 6. The SMILES string of the molecule is Cn1cc(CNc2cc(C#N)nc(OCC3CC3)n2)cn1. The van der Waals surface area contributed by atoms with Gasteiger partial charge in [0.05, 0.1) is 12.8 Å². The number of nitriles is 1. The Balaban J connectivity index is 1.67. The van der Waals surface area contributed by atoms with Crippen LogP contribution in [-0.2, 0) is 13.6 Å². The van der Waals surface area contributed by atoms with E-state index in [0.717, 1.165) is 5.56 Å². The van der Waals surface area contributed by atoms with Gasteiger partial charge in [0.1, 0.15) is 17.6 Å². The third-order valence-electron chi connectivity index (χ3n) is 3.20. The van der Waals surface area contributed by atoms with E-state index in [1.54, 1.807) is 16.9 Å². The molecular weight excluding hydrogens is 268 g/mol. The zero-order valence-electron chi connectivity index (χ0n) is 11.8. The summed E-state index contributed by atoms with van der Waals surface area (Å²) in [4.78, 5) is 8.34. The molecule has 7 heteroatoms. The highest BCUT2D eigenvalue weighted by Gasteiger charge is 2.22. The highest BCUT2D eigenvalue weighted by molar-refractivity contribution is 5.41. The molecule has 0 saturated heterocycles. The van der Waals surface area contributed by atoms with Gasteiger partial charge < -0.3 is 10.1 Å². The van der Waals surface area contributed by atoms with Crippen LogP contribution >= 0.6 is 0 Å². The number of aromatic nitrogens is 4. The van der Waals surface area contributed by atoms with E-state index in [1.165, 1.54) is 12.8 Å². The van der Waals surface area contributed by atoms with E-state index in [9.17, 15) is 0 Å². The van der Waals surface area contributed by atoms with Gasteiger partial charge in [0.25, 0.3) is 0 Å². The quantitative estimate of drug-likeness (QED) is 0.864. The Bertz CT molecular complexity index is 670. The first-order valence-electron chi connectivity index (χ1n) is 6.86. The Hall–Kier alpha value is -2.62. The zero-order chi connectivity index (χ0) is 14.7. The molecule has 0 spiro atoms. The minimum atomic E-state index is 0.259. The second kappa shape index (κ2) is 5.79. The van der Waals surface area contributed by atoms with E-state index in [0.29, 0.717) is 30.6 Å². The van der Waals surface area contributed by atoms with Crippen LogP contribution in [0.4, 0.5) is 5.82 Å². The Morgan fingerprint density at radius 1 is 1.48 bits per heavy atom. The summed E-state index contributed by atoms with van der Waals surface area (Å²) in [6.07, 6.45) is 6.10. The molecule has 0 unspecified atom stereocenters. The maximum absolute atomic E-state index is 9.03. The fourth-order valence-corrected chi connectivity index (χ4v) is 1.87. The standard InChI is InChI=1S/C14H16N6O/c1-20-8-11(7-17-20)6-16-13-4-12(5-15)18-14(19-13)21-9-10-2-3-10/h4,7-8,10H,2-3,6,9H2,1H3,(H,16,18,19). The van der Waals surface area contributed by atoms with Crippen LogP contribution in [0.15, 0.2) is 18.5 Å². The number of anilines is 1.